The maximum atomic E-state index is 11.3. The summed E-state index contributed by atoms with van der Waals surface area (Å²) in [6.07, 6.45) is 11.3. The van der Waals surface area contributed by atoms with Crippen LogP contribution in [0.4, 0.5) is 0 Å². The van der Waals surface area contributed by atoms with Crippen molar-refractivity contribution in [3.05, 3.63) is 35.0 Å². The second-order valence-corrected chi connectivity index (χ2v) is 13.1. The van der Waals surface area contributed by atoms with E-state index in [1.807, 2.05) is 12.2 Å². The summed E-state index contributed by atoms with van der Waals surface area (Å²) in [4.78, 5) is 29.2. The molecule has 4 aliphatic heterocycles. The van der Waals surface area contributed by atoms with Crippen LogP contribution in [0.15, 0.2) is 12.2 Å². The number of hydrogen-bond donors (Lipinski definition) is 0. The molecule has 2 aliphatic carbocycles. The topological polar surface area (TPSA) is 98.2 Å². The second kappa shape index (κ2) is 15.6. The van der Waals surface area contributed by atoms with Crippen LogP contribution >= 0.6 is 15.9 Å². The molecule has 4 saturated heterocycles. The van der Waals surface area contributed by atoms with E-state index in [1.54, 1.807) is 0 Å². The molecule has 13 heteroatoms. The van der Waals surface area contributed by atoms with Gasteiger partial charge in [-0.2, -0.15) is 0 Å². The van der Waals surface area contributed by atoms with Gasteiger partial charge >= 0.3 is 11.9 Å². The molecule has 11 atom stereocenters. The fourth-order valence-corrected chi connectivity index (χ4v) is 8.39. The zero-order valence-corrected chi connectivity index (χ0v) is 30.5. The molecule has 0 aromatic carbocycles. The smallest absolute Gasteiger partial charge is 0.303 e. The minimum absolute atomic E-state index is 0. The molecule has 0 aromatic heterocycles. The van der Waals surface area contributed by atoms with Gasteiger partial charge in [0.25, 0.3) is 0 Å². The van der Waals surface area contributed by atoms with Gasteiger partial charge in [0.15, 0.2) is 0 Å². The van der Waals surface area contributed by atoms with Crippen molar-refractivity contribution in [2.75, 3.05) is 13.1 Å². The Balaban J connectivity index is 0.000000223. The summed E-state index contributed by atoms with van der Waals surface area (Å²) in [6, 6.07) is 0. The number of esters is 2. The molecule has 2 radical (unpaired) electrons. The van der Waals surface area contributed by atoms with E-state index < -0.39 is 0 Å². The van der Waals surface area contributed by atoms with E-state index in [-0.39, 0.29) is 108 Å². The van der Waals surface area contributed by atoms with Gasteiger partial charge in [-0.25, -0.2) is 13.1 Å². The number of carbonyl (C=O) groups is 2. The van der Waals surface area contributed by atoms with E-state index >= 15 is 0 Å². The van der Waals surface area contributed by atoms with E-state index in [2.05, 4.69) is 34.0 Å². The first-order chi connectivity index (χ1) is 20.7. The molecule has 5 fully saturated rings. The van der Waals surface area contributed by atoms with Gasteiger partial charge in [0.2, 0.25) is 13.1 Å². The Labute approximate surface area is 289 Å². The molecule has 0 unspecified atom stereocenters. The third-order valence-corrected chi connectivity index (χ3v) is 9.94. The normalized spacial score (nSPS) is 41.4. The number of alkyl halides is 1. The van der Waals surface area contributed by atoms with Gasteiger partial charge in [-0.05, 0) is 39.5 Å². The molecule has 6 aliphatic rings. The Morgan fingerprint density at radius 2 is 1.53 bits per heavy atom. The van der Waals surface area contributed by atoms with Gasteiger partial charge in [0, 0.05) is 79.0 Å². The Hall–Kier alpha value is -0.903. The first-order valence-corrected chi connectivity index (χ1v) is 15.6. The number of carbonyl (C=O) groups excluding carboxylic acids is 2. The van der Waals surface area contributed by atoms with Crippen LogP contribution in [-0.2, 0) is 38.0 Å². The Bertz CT molecular complexity index is 1130. The van der Waals surface area contributed by atoms with Crippen LogP contribution in [0.2, 0.25) is 0 Å². The van der Waals surface area contributed by atoms with Crippen molar-refractivity contribution in [3.8, 4) is 0 Å². The van der Waals surface area contributed by atoms with E-state index in [4.69, 9.17) is 42.9 Å². The predicted octanol–water partition coefficient (Wildman–Crippen LogP) is 3.69. The molecule has 0 amide bonds. The summed E-state index contributed by atoms with van der Waals surface area (Å²) in [5.41, 5.74) is -0.632. The van der Waals surface area contributed by atoms with Crippen molar-refractivity contribution in [1.82, 2.24) is 0 Å². The summed E-state index contributed by atoms with van der Waals surface area (Å²) < 4.78 is 40.7. The molecular weight excluding hydrogens is 845 g/mol. The predicted molar refractivity (Wildman–Crippen MR) is 157 cm³/mol. The fourth-order valence-electron chi connectivity index (χ4n) is 7.40. The van der Waals surface area contributed by atoms with Crippen molar-refractivity contribution >= 4 is 36.2 Å². The Morgan fingerprint density at radius 1 is 0.930 bits per heavy atom. The molecule has 2 spiro atoms. The van der Waals surface area contributed by atoms with Gasteiger partial charge in [-0.3, -0.25) is 9.59 Å². The fraction of sp³-hybridized carbons (Fsp3) is 0.800. The minimum Gasteiger partial charge on any atom is -0.459 e. The summed E-state index contributed by atoms with van der Waals surface area (Å²) in [5, 5.41) is 0. The Morgan fingerprint density at radius 3 is 2.16 bits per heavy atom. The number of halogens is 1. The third kappa shape index (κ3) is 8.09. The third-order valence-electron chi connectivity index (χ3n) is 9.09. The minimum atomic E-state index is -0.369. The number of nitrogens with zero attached hydrogens (tertiary/aromatic N) is 2. The molecule has 0 N–H and O–H groups in total. The first kappa shape index (κ1) is 35.0. The molecule has 6 rings (SSSR count). The van der Waals surface area contributed by atoms with Crippen LogP contribution in [0.3, 0.4) is 0 Å². The largest absolute Gasteiger partial charge is 0.459 e. The van der Waals surface area contributed by atoms with Crippen molar-refractivity contribution in [1.29, 1.82) is 1.34 Å². The van der Waals surface area contributed by atoms with Crippen molar-refractivity contribution in [2.45, 2.75) is 136 Å². The summed E-state index contributed by atoms with van der Waals surface area (Å²) in [6.45, 7) is 17.7. The van der Waals surface area contributed by atoms with Crippen LogP contribution in [0.25, 0.3) is 9.69 Å². The summed E-state index contributed by atoms with van der Waals surface area (Å²) in [7, 11) is 3.75. The van der Waals surface area contributed by atoms with E-state index in [9.17, 15) is 9.59 Å². The number of fused-ring (bicyclic) bond motifs is 2. The van der Waals surface area contributed by atoms with Crippen LogP contribution in [0.1, 0.15) is 71.6 Å². The SMILES string of the molecule is [2H][B].[C-]#[N+]CC[C@H]1CC[C@@H]2O[C@@H]3C[C@]2(C=C[C@H]3OC(C)=O)O1.[C-]#[N+]CC[C@H]1CC[C@@H]2O[C@@H]3C[C@]2(C[C@H](Br)[C@H]3OC(C)=O)O1.[U]. The van der Waals surface area contributed by atoms with Gasteiger partial charge in [-0.15, -0.1) is 0 Å². The quantitative estimate of drug-likeness (QED) is 0.131. The number of hydrogen-bond acceptors (Lipinski definition) is 8. The van der Waals surface area contributed by atoms with Crippen molar-refractivity contribution < 1.29 is 69.1 Å². The molecule has 10 nitrogen and oxygen atoms in total. The zero-order valence-electron chi connectivity index (χ0n) is 25.7. The van der Waals surface area contributed by atoms with Crippen LogP contribution in [0.5, 0.6) is 0 Å². The molecule has 4 bridgehead atoms. The number of rotatable bonds is 6. The van der Waals surface area contributed by atoms with Gasteiger partial charge in [0.1, 0.15) is 23.9 Å². The van der Waals surface area contributed by atoms with Gasteiger partial charge in [0.05, 0.1) is 40.9 Å². The van der Waals surface area contributed by atoms with Crippen LogP contribution in [-0.4, -0.2) is 99.6 Å². The molecule has 1 saturated carbocycles. The van der Waals surface area contributed by atoms with E-state index in [0.29, 0.717) is 13.1 Å². The molecule has 4 heterocycles. The average molecular weight is 886 g/mol. The number of ether oxygens (including phenoxy) is 6. The van der Waals surface area contributed by atoms with E-state index in [1.165, 1.54) is 13.8 Å². The Kier molecular flexibility index (Phi) is 12.7. The van der Waals surface area contributed by atoms with E-state index in [0.717, 1.165) is 57.8 Å². The monoisotopic (exact) mass is 885 g/mol. The molecule has 232 valence electrons. The first-order valence-electron chi connectivity index (χ1n) is 15.3. The summed E-state index contributed by atoms with van der Waals surface area (Å²) in [5.74, 6) is -0.556. The maximum Gasteiger partial charge on any atom is 0.303 e. The average Bonchev–Trinajstić information content (AvgIpc) is 3.47. The molecular formula is C30H40BBrN2O8U. The zero-order chi connectivity index (χ0) is 31.2. The van der Waals surface area contributed by atoms with Gasteiger partial charge in [-0.1, -0.05) is 22.0 Å². The van der Waals surface area contributed by atoms with Crippen molar-refractivity contribution in [3.63, 3.8) is 0 Å². The van der Waals surface area contributed by atoms with Gasteiger partial charge < -0.3 is 38.1 Å². The maximum absolute atomic E-state index is 11.3. The molecule has 43 heavy (non-hydrogen) atoms. The summed E-state index contributed by atoms with van der Waals surface area (Å²) >= 11 is 3.65. The standard InChI is InChI=1S/C15H20BrNO4.C15H19NO4.BH.U/c1-9(18)19-14-11(16)7-15-8-12(14)20-13(15)4-3-10(21-15)5-6-17-2;1-10(17)18-12-5-7-15-9-13(12)19-14(15)4-3-11(20-15)6-8-16-2;;/h10-14H,3-8H2,1H3;5,7,11-14H,3-4,6,8-9H2,1H3;1H;/t10-,11+,12-,13+,14-,15+;11-,12-,13-,14+,15+;;/m11../s1/i;;1D;. The van der Waals surface area contributed by atoms with Crippen LogP contribution < -0.4 is 0 Å². The van der Waals surface area contributed by atoms with Crippen LogP contribution in [0, 0.1) is 44.3 Å². The molecule has 0 aromatic rings. The van der Waals surface area contributed by atoms with Crippen molar-refractivity contribution in [2.24, 2.45) is 0 Å². The second-order valence-electron chi connectivity index (χ2n) is 12.0.